The molecular weight excluding hydrogens is 369 g/mol. The Morgan fingerprint density at radius 2 is 1.79 bits per heavy atom. The van der Waals surface area contributed by atoms with Crippen molar-refractivity contribution in [3.63, 3.8) is 0 Å². The van der Waals surface area contributed by atoms with Gasteiger partial charge in [0.1, 0.15) is 11.9 Å². The summed E-state index contributed by atoms with van der Waals surface area (Å²) in [5, 5.41) is 3.03. The molecule has 2 aromatic carbocycles. The lowest BCUT2D eigenvalue weighted by molar-refractivity contribution is -0.125. The van der Waals surface area contributed by atoms with Gasteiger partial charge in [0, 0.05) is 6.04 Å². The molecule has 2 fully saturated rings. The molecule has 1 aliphatic heterocycles. The van der Waals surface area contributed by atoms with E-state index >= 15 is 0 Å². The molecule has 2 aromatic rings. The van der Waals surface area contributed by atoms with Gasteiger partial charge in [-0.15, -0.1) is 0 Å². The largest absolute Gasteiger partial charge is 0.351 e. The Bertz CT molecular complexity index is 914. The predicted octanol–water partition coefficient (Wildman–Crippen LogP) is 3.84. The zero-order chi connectivity index (χ0) is 20.5. The van der Waals surface area contributed by atoms with E-state index in [9.17, 15) is 14.0 Å². The van der Waals surface area contributed by atoms with Crippen molar-refractivity contribution in [1.29, 1.82) is 0 Å². The third kappa shape index (κ3) is 3.97. The number of rotatable bonds is 5. The first-order valence-corrected chi connectivity index (χ1v) is 10.2. The summed E-state index contributed by atoms with van der Waals surface area (Å²) in [7, 11) is 0. The number of nitrogens with one attached hydrogen (secondary N) is 1. The van der Waals surface area contributed by atoms with Crippen LogP contribution in [0.1, 0.15) is 61.3 Å². The molecule has 0 spiro atoms. The molecule has 29 heavy (non-hydrogen) atoms. The van der Waals surface area contributed by atoms with Crippen molar-refractivity contribution >= 4 is 11.9 Å². The summed E-state index contributed by atoms with van der Waals surface area (Å²) >= 11 is 0. The molecule has 0 bridgehead atoms. The zero-order valence-electron chi connectivity index (χ0n) is 16.5. The summed E-state index contributed by atoms with van der Waals surface area (Å²) in [6.45, 7) is 1.89. The Kier molecular flexibility index (Phi) is 5.26. The number of likely N-dealkylation sites (tertiary alicyclic amines) is 1. The second-order valence-corrected chi connectivity index (χ2v) is 8.10. The molecule has 0 radical (unpaired) electrons. The number of urea groups is 1. The Labute approximate surface area is 170 Å². The SMILES string of the molecule is CC1CC[C@@H](C(=O)N[C@@H](c2ccccc2)c2ccc(C3CC3)c(F)c2)N1C(N)=O. The van der Waals surface area contributed by atoms with Gasteiger partial charge in [0.2, 0.25) is 5.91 Å². The zero-order valence-corrected chi connectivity index (χ0v) is 16.5. The van der Waals surface area contributed by atoms with Gasteiger partial charge in [-0.2, -0.15) is 0 Å². The number of primary amides is 1. The molecule has 1 saturated heterocycles. The van der Waals surface area contributed by atoms with Crippen LogP contribution in [0.3, 0.4) is 0 Å². The molecule has 5 nitrogen and oxygen atoms in total. The Balaban J connectivity index is 1.62. The van der Waals surface area contributed by atoms with Gasteiger partial charge in [-0.3, -0.25) is 4.79 Å². The van der Waals surface area contributed by atoms with Crippen LogP contribution in [0, 0.1) is 5.82 Å². The maximum Gasteiger partial charge on any atom is 0.315 e. The standard InChI is InChI=1S/C23H26FN3O2/c1-14-7-12-20(27(14)23(25)29)22(28)26-21(16-5-3-2-4-6-16)17-10-11-18(15-8-9-15)19(24)13-17/h2-6,10-11,13-15,20-21H,7-9,12H2,1H3,(H2,25,29)(H,26,28)/t14?,20-,21-/m0/s1. The second kappa shape index (κ2) is 7.85. The number of halogens is 1. The normalized spacial score (nSPS) is 22.3. The second-order valence-electron chi connectivity index (χ2n) is 8.10. The van der Waals surface area contributed by atoms with Gasteiger partial charge < -0.3 is 16.0 Å². The molecule has 1 aliphatic carbocycles. The minimum atomic E-state index is -0.607. The maximum atomic E-state index is 14.7. The molecule has 0 aromatic heterocycles. The van der Waals surface area contributed by atoms with Gasteiger partial charge in [-0.1, -0.05) is 42.5 Å². The number of carbonyl (C=O) groups excluding carboxylic acids is 2. The van der Waals surface area contributed by atoms with E-state index in [2.05, 4.69) is 5.32 Å². The van der Waals surface area contributed by atoms with Crippen LogP contribution in [0.4, 0.5) is 9.18 Å². The van der Waals surface area contributed by atoms with Crippen LogP contribution in [-0.4, -0.2) is 28.9 Å². The minimum absolute atomic E-state index is 0.0753. The van der Waals surface area contributed by atoms with E-state index in [1.807, 2.05) is 49.4 Å². The topological polar surface area (TPSA) is 75.4 Å². The Hall–Kier alpha value is -2.89. The maximum absolute atomic E-state index is 14.7. The molecule has 1 unspecified atom stereocenters. The first-order valence-electron chi connectivity index (χ1n) is 10.2. The van der Waals surface area contributed by atoms with E-state index in [-0.39, 0.29) is 17.8 Å². The molecule has 3 atom stereocenters. The smallest absolute Gasteiger partial charge is 0.315 e. The van der Waals surface area contributed by atoms with Gasteiger partial charge in [0.15, 0.2) is 0 Å². The van der Waals surface area contributed by atoms with Gasteiger partial charge in [0.25, 0.3) is 0 Å². The predicted molar refractivity (Wildman–Crippen MR) is 109 cm³/mol. The van der Waals surface area contributed by atoms with Crippen LogP contribution in [0.15, 0.2) is 48.5 Å². The fourth-order valence-electron chi connectivity index (χ4n) is 4.30. The lowest BCUT2D eigenvalue weighted by atomic mass is 9.96. The summed E-state index contributed by atoms with van der Waals surface area (Å²) in [5.41, 5.74) is 7.79. The van der Waals surface area contributed by atoms with Crippen molar-refractivity contribution in [2.75, 3.05) is 0 Å². The van der Waals surface area contributed by atoms with Gasteiger partial charge in [0.05, 0.1) is 6.04 Å². The van der Waals surface area contributed by atoms with Crippen LogP contribution >= 0.6 is 0 Å². The summed E-state index contributed by atoms with van der Waals surface area (Å²) in [4.78, 5) is 26.3. The molecular formula is C23H26FN3O2. The average Bonchev–Trinajstić information content (AvgIpc) is 3.47. The molecule has 2 aliphatic rings. The average molecular weight is 395 g/mol. The molecule has 1 saturated carbocycles. The van der Waals surface area contributed by atoms with Crippen molar-refractivity contribution < 1.29 is 14.0 Å². The van der Waals surface area contributed by atoms with Crippen molar-refractivity contribution in [3.05, 3.63) is 71.0 Å². The number of carbonyl (C=O) groups is 2. The van der Waals surface area contributed by atoms with E-state index in [0.717, 1.165) is 30.4 Å². The lowest BCUT2D eigenvalue weighted by Gasteiger charge is -2.28. The van der Waals surface area contributed by atoms with Gasteiger partial charge >= 0.3 is 6.03 Å². The quantitative estimate of drug-likeness (QED) is 0.807. The molecule has 3 amide bonds. The summed E-state index contributed by atoms with van der Waals surface area (Å²) in [6, 6.07) is 12.9. The molecule has 152 valence electrons. The molecule has 3 N–H and O–H groups in total. The Morgan fingerprint density at radius 3 is 2.41 bits per heavy atom. The summed E-state index contributed by atoms with van der Waals surface area (Å²) in [6.07, 6.45) is 3.34. The van der Waals surface area contributed by atoms with Crippen LogP contribution in [0.25, 0.3) is 0 Å². The van der Waals surface area contributed by atoms with Crippen molar-refractivity contribution in [3.8, 4) is 0 Å². The minimum Gasteiger partial charge on any atom is -0.351 e. The van der Waals surface area contributed by atoms with Crippen LogP contribution in [0.5, 0.6) is 0 Å². The van der Waals surface area contributed by atoms with Crippen molar-refractivity contribution in [2.24, 2.45) is 5.73 Å². The van der Waals surface area contributed by atoms with E-state index in [1.165, 1.54) is 11.0 Å². The molecule has 6 heteroatoms. The van der Waals surface area contributed by atoms with Crippen molar-refractivity contribution in [1.82, 2.24) is 10.2 Å². The highest BCUT2D eigenvalue weighted by atomic mass is 19.1. The number of hydrogen-bond acceptors (Lipinski definition) is 2. The first-order chi connectivity index (χ1) is 14.0. The van der Waals surface area contributed by atoms with Gasteiger partial charge in [-0.25, -0.2) is 9.18 Å². The van der Waals surface area contributed by atoms with E-state index in [1.54, 1.807) is 0 Å². The highest BCUT2D eigenvalue weighted by Crippen LogP contribution is 2.41. The van der Waals surface area contributed by atoms with E-state index < -0.39 is 18.1 Å². The number of nitrogens with zero attached hydrogens (tertiary/aromatic N) is 1. The molecule has 1 heterocycles. The third-order valence-electron chi connectivity index (χ3n) is 6.02. The van der Waals surface area contributed by atoms with E-state index in [4.69, 9.17) is 5.73 Å². The Morgan fingerprint density at radius 1 is 1.07 bits per heavy atom. The fraction of sp³-hybridized carbons (Fsp3) is 0.391. The number of hydrogen-bond donors (Lipinski definition) is 2. The van der Waals surface area contributed by atoms with Crippen LogP contribution in [-0.2, 0) is 4.79 Å². The monoisotopic (exact) mass is 395 g/mol. The van der Waals surface area contributed by atoms with Crippen LogP contribution in [0.2, 0.25) is 0 Å². The summed E-state index contributed by atoms with van der Waals surface area (Å²) < 4.78 is 14.7. The fourth-order valence-corrected chi connectivity index (χ4v) is 4.30. The number of nitrogens with two attached hydrogens (primary N) is 1. The highest BCUT2D eigenvalue weighted by Gasteiger charge is 2.38. The van der Waals surface area contributed by atoms with Gasteiger partial charge in [-0.05, 0) is 61.3 Å². The van der Waals surface area contributed by atoms with Crippen molar-refractivity contribution in [2.45, 2.75) is 56.7 Å². The molecule has 4 rings (SSSR count). The summed E-state index contributed by atoms with van der Waals surface area (Å²) in [5.74, 6) is -0.181. The van der Waals surface area contributed by atoms with Crippen LogP contribution < -0.4 is 11.1 Å². The number of benzene rings is 2. The lowest BCUT2D eigenvalue weighted by Crippen LogP contribution is -2.51. The third-order valence-corrected chi connectivity index (χ3v) is 6.02. The highest BCUT2D eigenvalue weighted by molar-refractivity contribution is 5.88. The first kappa shape index (κ1) is 19.4. The van der Waals surface area contributed by atoms with E-state index in [0.29, 0.717) is 17.9 Å². The number of amides is 3.